The van der Waals surface area contributed by atoms with Gasteiger partial charge in [-0.2, -0.15) is 0 Å². The van der Waals surface area contributed by atoms with E-state index in [0.717, 1.165) is 25.9 Å². The van der Waals surface area contributed by atoms with Gasteiger partial charge in [0.25, 0.3) is 0 Å². The zero-order valence-corrected chi connectivity index (χ0v) is 11.2. The second-order valence-electron chi connectivity index (χ2n) is 5.17. The Labute approximate surface area is 108 Å². The average molecular weight is 257 g/mol. The van der Waals surface area contributed by atoms with E-state index in [0.29, 0.717) is 12.8 Å². The Morgan fingerprint density at radius 2 is 2.22 bits per heavy atom. The molecule has 1 fully saturated rings. The molecule has 2 atom stereocenters. The number of hydrogen-bond acceptors (Lipinski definition) is 3. The van der Waals surface area contributed by atoms with Gasteiger partial charge in [0.05, 0.1) is 11.5 Å². The van der Waals surface area contributed by atoms with Crippen molar-refractivity contribution in [1.82, 2.24) is 5.32 Å². The first-order valence-electron chi connectivity index (χ1n) is 6.59. The fraction of sp³-hybridized carbons (Fsp3) is 0.846. The standard InChI is InChI=1S/C13H23NO4/c1-3-13(2,12(16)17)9-14-11(15)7-6-10-5-4-8-18-10/h10H,3-9H2,1-2H3,(H,14,15)(H,16,17). The number of amides is 1. The maximum Gasteiger partial charge on any atom is 0.311 e. The summed E-state index contributed by atoms with van der Waals surface area (Å²) in [7, 11) is 0. The van der Waals surface area contributed by atoms with Gasteiger partial charge in [0.2, 0.25) is 5.91 Å². The average Bonchev–Trinajstić information content (AvgIpc) is 2.86. The molecule has 0 aromatic rings. The van der Waals surface area contributed by atoms with E-state index >= 15 is 0 Å². The van der Waals surface area contributed by atoms with Crippen molar-refractivity contribution in [2.24, 2.45) is 5.41 Å². The smallest absolute Gasteiger partial charge is 0.311 e. The largest absolute Gasteiger partial charge is 0.481 e. The summed E-state index contributed by atoms with van der Waals surface area (Å²) in [4.78, 5) is 22.7. The highest BCUT2D eigenvalue weighted by molar-refractivity contribution is 5.78. The number of carboxylic acid groups (broad SMARTS) is 1. The molecule has 1 heterocycles. The highest BCUT2D eigenvalue weighted by Gasteiger charge is 2.31. The molecule has 1 amide bonds. The number of hydrogen-bond donors (Lipinski definition) is 2. The third-order valence-corrected chi connectivity index (χ3v) is 3.69. The molecule has 0 saturated carbocycles. The van der Waals surface area contributed by atoms with Crippen LogP contribution in [-0.4, -0.2) is 36.2 Å². The summed E-state index contributed by atoms with van der Waals surface area (Å²) in [5.41, 5.74) is -0.875. The number of carbonyl (C=O) groups excluding carboxylic acids is 1. The lowest BCUT2D eigenvalue weighted by atomic mass is 9.87. The van der Waals surface area contributed by atoms with Crippen molar-refractivity contribution in [2.45, 2.75) is 52.1 Å². The summed E-state index contributed by atoms with van der Waals surface area (Å²) in [5.74, 6) is -0.962. The van der Waals surface area contributed by atoms with E-state index in [1.54, 1.807) is 6.92 Å². The van der Waals surface area contributed by atoms with Crippen LogP contribution in [0.3, 0.4) is 0 Å². The van der Waals surface area contributed by atoms with Crippen LogP contribution < -0.4 is 5.32 Å². The minimum Gasteiger partial charge on any atom is -0.481 e. The molecule has 5 heteroatoms. The predicted octanol–water partition coefficient (Wildman–Crippen LogP) is 1.56. The van der Waals surface area contributed by atoms with Crippen molar-refractivity contribution in [3.8, 4) is 0 Å². The summed E-state index contributed by atoms with van der Waals surface area (Å²) < 4.78 is 5.43. The van der Waals surface area contributed by atoms with Gasteiger partial charge in [-0.25, -0.2) is 0 Å². The van der Waals surface area contributed by atoms with Gasteiger partial charge >= 0.3 is 5.97 Å². The van der Waals surface area contributed by atoms with E-state index in [4.69, 9.17) is 9.84 Å². The Balaban J connectivity index is 2.25. The fourth-order valence-electron chi connectivity index (χ4n) is 1.90. The van der Waals surface area contributed by atoms with Gasteiger partial charge in [-0.3, -0.25) is 9.59 Å². The first-order chi connectivity index (χ1) is 8.48. The minimum atomic E-state index is -0.875. The molecule has 0 aliphatic carbocycles. The maximum absolute atomic E-state index is 11.6. The fourth-order valence-corrected chi connectivity index (χ4v) is 1.90. The Morgan fingerprint density at radius 3 is 2.72 bits per heavy atom. The summed E-state index contributed by atoms with van der Waals surface area (Å²) in [5, 5.41) is 11.8. The second kappa shape index (κ2) is 6.73. The number of carboxylic acids is 1. The van der Waals surface area contributed by atoms with Crippen LogP contribution in [0.2, 0.25) is 0 Å². The van der Waals surface area contributed by atoms with Gasteiger partial charge in [0.1, 0.15) is 0 Å². The Morgan fingerprint density at radius 1 is 1.50 bits per heavy atom. The molecule has 1 aliphatic heterocycles. The van der Waals surface area contributed by atoms with Crippen molar-refractivity contribution >= 4 is 11.9 Å². The summed E-state index contributed by atoms with van der Waals surface area (Å²) in [6, 6.07) is 0. The topological polar surface area (TPSA) is 75.6 Å². The molecular formula is C13H23NO4. The lowest BCUT2D eigenvalue weighted by Gasteiger charge is -2.23. The van der Waals surface area contributed by atoms with Crippen LogP contribution in [0.5, 0.6) is 0 Å². The quantitative estimate of drug-likeness (QED) is 0.725. The van der Waals surface area contributed by atoms with Gasteiger partial charge < -0.3 is 15.2 Å². The molecule has 1 saturated heterocycles. The maximum atomic E-state index is 11.6. The molecule has 0 bridgehead atoms. The van der Waals surface area contributed by atoms with E-state index in [1.165, 1.54) is 0 Å². The summed E-state index contributed by atoms with van der Waals surface area (Å²) >= 11 is 0. The van der Waals surface area contributed by atoms with Crippen LogP contribution in [0.15, 0.2) is 0 Å². The monoisotopic (exact) mass is 257 g/mol. The van der Waals surface area contributed by atoms with E-state index < -0.39 is 11.4 Å². The molecule has 0 spiro atoms. The van der Waals surface area contributed by atoms with Gasteiger partial charge in [-0.1, -0.05) is 6.92 Å². The van der Waals surface area contributed by atoms with Crippen LogP contribution in [0.1, 0.15) is 46.0 Å². The lowest BCUT2D eigenvalue weighted by molar-refractivity contribution is -0.148. The Kier molecular flexibility index (Phi) is 5.59. The van der Waals surface area contributed by atoms with E-state index in [2.05, 4.69) is 5.32 Å². The molecule has 2 unspecified atom stereocenters. The molecule has 0 aromatic heterocycles. The minimum absolute atomic E-state index is 0.0913. The van der Waals surface area contributed by atoms with Crippen molar-refractivity contribution in [1.29, 1.82) is 0 Å². The third kappa shape index (κ3) is 4.29. The van der Waals surface area contributed by atoms with Crippen molar-refractivity contribution in [2.75, 3.05) is 13.2 Å². The van der Waals surface area contributed by atoms with Crippen LogP contribution in [0.25, 0.3) is 0 Å². The summed E-state index contributed by atoms with van der Waals surface area (Å²) in [6.45, 7) is 4.44. The zero-order chi connectivity index (χ0) is 13.6. The number of carbonyl (C=O) groups is 2. The van der Waals surface area contributed by atoms with Gasteiger partial charge in [-0.15, -0.1) is 0 Å². The number of ether oxygens (including phenoxy) is 1. The molecule has 104 valence electrons. The molecule has 1 rings (SSSR count). The van der Waals surface area contributed by atoms with E-state index in [1.807, 2.05) is 6.92 Å². The van der Waals surface area contributed by atoms with Crippen LogP contribution >= 0.6 is 0 Å². The number of aliphatic carboxylic acids is 1. The molecular weight excluding hydrogens is 234 g/mol. The van der Waals surface area contributed by atoms with Crippen molar-refractivity contribution in [3.63, 3.8) is 0 Å². The molecule has 1 aliphatic rings. The molecule has 18 heavy (non-hydrogen) atoms. The highest BCUT2D eigenvalue weighted by Crippen LogP contribution is 2.20. The van der Waals surface area contributed by atoms with Gasteiger partial charge in [0, 0.05) is 19.6 Å². The van der Waals surface area contributed by atoms with Crippen molar-refractivity contribution in [3.05, 3.63) is 0 Å². The van der Waals surface area contributed by atoms with Crippen LogP contribution in [-0.2, 0) is 14.3 Å². The third-order valence-electron chi connectivity index (χ3n) is 3.69. The first kappa shape index (κ1) is 15.0. The Hall–Kier alpha value is -1.10. The second-order valence-corrected chi connectivity index (χ2v) is 5.17. The predicted molar refractivity (Wildman–Crippen MR) is 67.3 cm³/mol. The van der Waals surface area contributed by atoms with E-state index in [-0.39, 0.29) is 18.6 Å². The molecule has 2 N–H and O–H groups in total. The summed E-state index contributed by atoms with van der Waals surface area (Å²) in [6.07, 6.45) is 3.92. The van der Waals surface area contributed by atoms with E-state index in [9.17, 15) is 9.59 Å². The zero-order valence-electron chi connectivity index (χ0n) is 11.2. The van der Waals surface area contributed by atoms with Crippen molar-refractivity contribution < 1.29 is 19.4 Å². The highest BCUT2D eigenvalue weighted by atomic mass is 16.5. The number of rotatable bonds is 7. The van der Waals surface area contributed by atoms with Crippen LogP contribution in [0.4, 0.5) is 0 Å². The van der Waals surface area contributed by atoms with Crippen LogP contribution in [0, 0.1) is 5.41 Å². The molecule has 5 nitrogen and oxygen atoms in total. The molecule has 0 radical (unpaired) electrons. The first-order valence-corrected chi connectivity index (χ1v) is 6.59. The molecule has 0 aromatic carbocycles. The Bertz CT molecular complexity index is 299. The normalized spacial score (nSPS) is 22.4. The lowest BCUT2D eigenvalue weighted by Crippen LogP contribution is -2.40. The SMILES string of the molecule is CCC(C)(CNC(=O)CCC1CCCO1)C(=O)O. The number of nitrogens with one attached hydrogen (secondary N) is 1. The van der Waals surface area contributed by atoms with Gasteiger partial charge in [0.15, 0.2) is 0 Å². The van der Waals surface area contributed by atoms with Gasteiger partial charge in [-0.05, 0) is 32.6 Å².